The molecule has 1 unspecified atom stereocenters. The van der Waals surface area contributed by atoms with E-state index in [9.17, 15) is 9.59 Å². The third kappa shape index (κ3) is 2.28. The summed E-state index contributed by atoms with van der Waals surface area (Å²) >= 11 is 0. The molecule has 0 radical (unpaired) electrons. The van der Waals surface area contributed by atoms with Crippen molar-refractivity contribution >= 4 is 11.5 Å². The van der Waals surface area contributed by atoms with Gasteiger partial charge in [-0.2, -0.15) is 5.10 Å². The van der Waals surface area contributed by atoms with Crippen LogP contribution in [-0.4, -0.2) is 38.9 Å². The van der Waals surface area contributed by atoms with Gasteiger partial charge < -0.3 is 19.6 Å². The van der Waals surface area contributed by atoms with Crippen molar-refractivity contribution in [2.24, 2.45) is 0 Å². The second-order valence-corrected chi connectivity index (χ2v) is 5.36. The molecule has 4 rings (SSSR count). The molecule has 8 nitrogen and oxygen atoms in total. The second kappa shape index (κ2) is 5.01. The number of rotatable bonds is 2. The van der Waals surface area contributed by atoms with Gasteiger partial charge in [-0.05, 0) is 6.08 Å². The number of allylic oxidation sites excluding steroid dienone is 3. The molecule has 8 heteroatoms. The molecule has 0 bridgehead atoms. The summed E-state index contributed by atoms with van der Waals surface area (Å²) < 4.78 is 12.4. The highest BCUT2D eigenvalue weighted by molar-refractivity contribution is 5.86. The summed E-state index contributed by atoms with van der Waals surface area (Å²) in [7, 11) is 0. The Morgan fingerprint density at radius 1 is 1.39 bits per heavy atom. The van der Waals surface area contributed by atoms with Crippen molar-refractivity contribution in [2.45, 2.75) is 12.3 Å². The zero-order valence-electron chi connectivity index (χ0n) is 12.0. The van der Waals surface area contributed by atoms with Crippen molar-refractivity contribution in [3.8, 4) is 0 Å². The molecular formula is C15H13N3O5. The second-order valence-electron chi connectivity index (χ2n) is 5.36. The monoisotopic (exact) mass is 315 g/mol. The Labute approximate surface area is 129 Å². The fraction of sp³-hybridized carbons (Fsp3) is 0.267. The summed E-state index contributed by atoms with van der Waals surface area (Å²) in [5.74, 6) is 0.222. The molecule has 23 heavy (non-hydrogen) atoms. The molecule has 3 heterocycles. The van der Waals surface area contributed by atoms with Crippen LogP contribution in [0.25, 0.3) is 5.52 Å². The highest BCUT2D eigenvalue weighted by Gasteiger charge is 2.24. The number of hydrogen-bond donors (Lipinski definition) is 2. The molecule has 2 aromatic rings. The van der Waals surface area contributed by atoms with Crippen molar-refractivity contribution < 1.29 is 19.4 Å². The van der Waals surface area contributed by atoms with Gasteiger partial charge in [-0.25, -0.2) is 9.31 Å². The maximum Gasteiger partial charge on any atom is 0.356 e. The number of fused-ring (bicyclic) bond motifs is 1. The van der Waals surface area contributed by atoms with Crippen LogP contribution in [-0.2, 0) is 9.47 Å². The SMILES string of the molecule is O=C(O)c1cc2c(=O)[nH]c(C3C=CC4=C(C3)OCCO4)cn2n1. The third-order valence-corrected chi connectivity index (χ3v) is 3.88. The number of hydrogen-bond acceptors (Lipinski definition) is 5. The molecule has 0 saturated carbocycles. The van der Waals surface area contributed by atoms with Crippen molar-refractivity contribution in [3.05, 3.63) is 57.7 Å². The Kier molecular flexibility index (Phi) is 2.97. The standard InChI is InChI=1S/C15H13N3O5/c19-14-11-6-9(15(20)21)17-18(11)7-10(16-14)8-1-2-12-13(5-8)23-4-3-22-12/h1-2,6-8H,3-5H2,(H,16,19)(H,20,21). The van der Waals surface area contributed by atoms with E-state index in [0.29, 0.717) is 25.3 Å². The molecule has 1 aliphatic heterocycles. The first-order chi connectivity index (χ1) is 11.1. The van der Waals surface area contributed by atoms with Gasteiger partial charge in [0.2, 0.25) is 0 Å². The van der Waals surface area contributed by atoms with Gasteiger partial charge >= 0.3 is 5.97 Å². The molecule has 2 N–H and O–H groups in total. The van der Waals surface area contributed by atoms with Gasteiger partial charge in [0, 0.05) is 30.3 Å². The quantitative estimate of drug-likeness (QED) is 0.857. The predicted octanol–water partition coefficient (Wildman–Crippen LogP) is 1.02. The first kappa shape index (κ1) is 13.6. The molecule has 1 atom stereocenters. The predicted molar refractivity (Wildman–Crippen MR) is 78.2 cm³/mol. The maximum absolute atomic E-state index is 12.2. The van der Waals surface area contributed by atoms with Crippen LogP contribution in [0.3, 0.4) is 0 Å². The minimum atomic E-state index is -1.17. The van der Waals surface area contributed by atoms with Crippen LogP contribution in [0, 0.1) is 0 Å². The average Bonchev–Trinajstić information content (AvgIpc) is 2.99. The van der Waals surface area contributed by atoms with Crippen LogP contribution in [0.5, 0.6) is 0 Å². The summed E-state index contributed by atoms with van der Waals surface area (Å²) in [6.45, 7) is 1.04. The summed E-state index contributed by atoms with van der Waals surface area (Å²) in [6, 6.07) is 1.25. The molecule has 0 spiro atoms. The van der Waals surface area contributed by atoms with Crippen LogP contribution in [0.4, 0.5) is 0 Å². The lowest BCUT2D eigenvalue weighted by Gasteiger charge is -2.26. The number of ether oxygens (including phenoxy) is 2. The van der Waals surface area contributed by atoms with E-state index in [1.165, 1.54) is 10.6 Å². The lowest BCUT2D eigenvalue weighted by molar-refractivity contribution is 0.0616. The van der Waals surface area contributed by atoms with E-state index < -0.39 is 5.97 Å². The first-order valence-corrected chi connectivity index (χ1v) is 7.14. The number of carbonyl (C=O) groups is 1. The highest BCUT2D eigenvalue weighted by Crippen LogP contribution is 2.32. The van der Waals surface area contributed by atoms with Crippen molar-refractivity contribution in [2.75, 3.05) is 13.2 Å². The summed E-state index contributed by atoms with van der Waals surface area (Å²) in [4.78, 5) is 25.9. The van der Waals surface area contributed by atoms with Crippen LogP contribution in [0.15, 0.2) is 40.7 Å². The minimum Gasteiger partial charge on any atom is -0.490 e. The van der Waals surface area contributed by atoms with Gasteiger partial charge in [0.15, 0.2) is 11.5 Å². The van der Waals surface area contributed by atoms with E-state index >= 15 is 0 Å². The number of aromatic nitrogens is 3. The van der Waals surface area contributed by atoms with E-state index in [-0.39, 0.29) is 22.7 Å². The number of nitrogens with zero attached hydrogens (tertiary/aromatic N) is 2. The number of carboxylic acid groups (broad SMARTS) is 1. The maximum atomic E-state index is 12.2. The topological polar surface area (TPSA) is 106 Å². The number of carboxylic acids is 1. The summed E-state index contributed by atoms with van der Waals surface area (Å²) in [5.41, 5.74) is 0.292. The average molecular weight is 315 g/mol. The Balaban J connectivity index is 1.72. The van der Waals surface area contributed by atoms with E-state index in [1.807, 2.05) is 12.2 Å². The fourth-order valence-electron chi connectivity index (χ4n) is 2.77. The van der Waals surface area contributed by atoms with E-state index in [4.69, 9.17) is 14.6 Å². The Bertz CT molecular complexity index is 921. The lowest BCUT2D eigenvalue weighted by Crippen LogP contribution is -2.20. The van der Waals surface area contributed by atoms with Crippen LogP contribution < -0.4 is 5.56 Å². The van der Waals surface area contributed by atoms with Crippen molar-refractivity contribution in [1.29, 1.82) is 0 Å². The van der Waals surface area contributed by atoms with E-state index in [1.54, 1.807) is 6.20 Å². The minimum absolute atomic E-state index is 0.0926. The van der Waals surface area contributed by atoms with Gasteiger partial charge in [-0.1, -0.05) is 6.08 Å². The third-order valence-electron chi connectivity index (χ3n) is 3.88. The zero-order chi connectivity index (χ0) is 16.0. The van der Waals surface area contributed by atoms with Gasteiger partial charge in [0.25, 0.3) is 5.56 Å². The lowest BCUT2D eigenvalue weighted by atomic mass is 9.95. The number of H-pyrrole nitrogens is 1. The molecule has 2 aliphatic rings. The highest BCUT2D eigenvalue weighted by atomic mass is 16.6. The molecule has 0 amide bonds. The number of aromatic amines is 1. The molecule has 0 fully saturated rings. The van der Waals surface area contributed by atoms with Crippen molar-refractivity contribution in [3.63, 3.8) is 0 Å². The summed E-state index contributed by atoms with van der Waals surface area (Å²) in [6.07, 6.45) is 5.96. The summed E-state index contributed by atoms with van der Waals surface area (Å²) in [5, 5.41) is 12.9. The normalized spacial score (nSPS) is 20.1. The molecule has 0 aromatic carbocycles. The number of nitrogens with one attached hydrogen (secondary N) is 1. The van der Waals surface area contributed by atoms with Crippen LogP contribution in [0.1, 0.15) is 28.5 Å². The first-order valence-electron chi connectivity index (χ1n) is 7.14. The molecule has 118 valence electrons. The van der Waals surface area contributed by atoms with Crippen LogP contribution >= 0.6 is 0 Å². The van der Waals surface area contributed by atoms with Gasteiger partial charge in [-0.15, -0.1) is 0 Å². The Hall–Kier alpha value is -3.03. The van der Waals surface area contributed by atoms with E-state index in [2.05, 4.69) is 10.1 Å². The Morgan fingerprint density at radius 2 is 2.22 bits per heavy atom. The molecule has 2 aromatic heterocycles. The molecule has 1 aliphatic carbocycles. The van der Waals surface area contributed by atoms with Gasteiger partial charge in [0.05, 0.1) is 0 Å². The number of aromatic carboxylic acids is 1. The van der Waals surface area contributed by atoms with Gasteiger partial charge in [0.1, 0.15) is 24.5 Å². The van der Waals surface area contributed by atoms with Crippen molar-refractivity contribution in [1.82, 2.24) is 14.6 Å². The molecular weight excluding hydrogens is 302 g/mol. The fourth-order valence-corrected chi connectivity index (χ4v) is 2.77. The van der Waals surface area contributed by atoms with E-state index in [0.717, 1.165) is 11.5 Å². The van der Waals surface area contributed by atoms with Gasteiger partial charge in [-0.3, -0.25) is 4.79 Å². The zero-order valence-corrected chi connectivity index (χ0v) is 12.0. The Morgan fingerprint density at radius 3 is 3.04 bits per heavy atom. The largest absolute Gasteiger partial charge is 0.490 e. The molecule has 0 saturated heterocycles. The smallest absolute Gasteiger partial charge is 0.356 e. The van der Waals surface area contributed by atoms with Crippen LogP contribution in [0.2, 0.25) is 0 Å².